The van der Waals surface area contributed by atoms with E-state index in [1.54, 1.807) is 47.6 Å². The number of anilines is 1. The molecule has 0 spiro atoms. The first-order valence-electron chi connectivity index (χ1n) is 8.20. The molecule has 0 bridgehead atoms. The summed E-state index contributed by atoms with van der Waals surface area (Å²) in [7, 11) is 0. The molecule has 1 amide bonds. The Morgan fingerprint density at radius 2 is 1.73 bits per heavy atom. The summed E-state index contributed by atoms with van der Waals surface area (Å²) < 4.78 is 5.98. The maximum Gasteiger partial charge on any atom is 0.327 e. The number of carbonyl (C=O) groups excluding carboxylic acids is 1. The van der Waals surface area contributed by atoms with Crippen LogP contribution < -0.4 is 14.7 Å². The van der Waals surface area contributed by atoms with Gasteiger partial charge in [0.15, 0.2) is 5.95 Å². The van der Waals surface area contributed by atoms with Crippen molar-refractivity contribution in [3.63, 3.8) is 0 Å². The Bertz CT molecular complexity index is 891. The molecule has 0 N–H and O–H groups in total. The fraction of sp³-hybridized carbons (Fsp3) is 0.235. The lowest BCUT2D eigenvalue weighted by Gasteiger charge is -2.33. The van der Waals surface area contributed by atoms with Crippen molar-refractivity contribution >= 4 is 11.9 Å². The number of aromatic nitrogens is 4. The summed E-state index contributed by atoms with van der Waals surface area (Å²) in [5.41, 5.74) is 0.499. The van der Waals surface area contributed by atoms with E-state index in [4.69, 9.17) is 4.52 Å². The van der Waals surface area contributed by atoms with Crippen molar-refractivity contribution in [2.24, 2.45) is 0 Å². The minimum absolute atomic E-state index is 0.0967. The van der Waals surface area contributed by atoms with Gasteiger partial charge in [0.05, 0.1) is 5.27 Å². The Balaban J connectivity index is 1.52. The maximum atomic E-state index is 12.9. The van der Waals surface area contributed by atoms with Gasteiger partial charge in [0.1, 0.15) is 0 Å². The van der Waals surface area contributed by atoms with Gasteiger partial charge in [-0.15, -0.1) is 0 Å². The van der Waals surface area contributed by atoms with Crippen LogP contribution in [0.25, 0.3) is 5.69 Å². The Morgan fingerprint density at radius 3 is 2.42 bits per heavy atom. The van der Waals surface area contributed by atoms with E-state index in [1.807, 2.05) is 11.0 Å². The summed E-state index contributed by atoms with van der Waals surface area (Å²) in [6.45, 7) is 2.08. The second-order valence-corrected chi connectivity index (χ2v) is 5.78. The molecule has 9 heteroatoms. The number of rotatable bonds is 3. The van der Waals surface area contributed by atoms with Crippen LogP contribution in [0.2, 0.25) is 0 Å². The molecule has 0 atom stereocenters. The Labute approximate surface area is 149 Å². The number of hydrogen-bond donors (Lipinski definition) is 0. The molecular weight excluding hydrogens is 336 g/mol. The molecule has 1 aliphatic rings. The monoisotopic (exact) mass is 352 g/mol. The van der Waals surface area contributed by atoms with E-state index in [2.05, 4.69) is 15.2 Å². The number of nitrogens with zero attached hydrogens (tertiary/aromatic N) is 6. The van der Waals surface area contributed by atoms with Crippen molar-refractivity contribution in [2.45, 2.75) is 0 Å². The molecule has 0 saturated carbocycles. The first-order valence-corrected chi connectivity index (χ1v) is 8.20. The average molecular weight is 352 g/mol. The average Bonchev–Trinajstić information content (AvgIpc) is 3.10. The van der Waals surface area contributed by atoms with Gasteiger partial charge in [0.2, 0.25) is 11.6 Å². The topological polar surface area (TPSA) is 102 Å². The first kappa shape index (κ1) is 16.0. The first-order chi connectivity index (χ1) is 12.7. The van der Waals surface area contributed by atoms with Crippen LogP contribution in [0.1, 0.15) is 10.5 Å². The smallest absolute Gasteiger partial charge is 0.327 e. The fourth-order valence-electron chi connectivity index (χ4n) is 2.89. The van der Waals surface area contributed by atoms with Crippen LogP contribution in [0.4, 0.5) is 5.95 Å². The number of amides is 1. The summed E-state index contributed by atoms with van der Waals surface area (Å²) in [5, 5.41) is 15.8. The van der Waals surface area contributed by atoms with Crippen molar-refractivity contribution in [3.8, 4) is 11.6 Å². The molecule has 3 heterocycles. The quantitative estimate of drug-likeness (QED) is 0.600. The van der Waals surface area contributed by atoms with Gasteiger partial charge in [0, 0.05) is 50.7 Å². The summed E-state index contributed by atoms with van der Waals surface area (Å²) in [6.07, 6.45) is 3.37. The number of para-hydroxylation sites is 1. The fourth-order valence-corrected chi connectivity index (χ4v) is 2.89. The van der Waals surface area contributed by atoms with Gasteiger partial charge in [-0.25, -0.2) is 9.97 Å². The number of hydrogen-bond acceptors (Lipinski definition) is 7. The highest BCUT2D eigenvalue weighted by atomic mass is 16.6. The molecule has 2 aromatic heterocycles. The van der Waals surface area contributed by atoms with Crippen molar-refractivity contribution in [1.82, 2.24) is 20.1 Å². The third-order valence-corrected chi connectivity index (χ3v) is 4.22. The van der Waals surface area contributed by atoms with E-state index >= 15 is 0 Å². The molecule has 0 unspecified atom stereocenters. The Hall–Kier alpha value is -3.49. The summed E-state index contributed by atoms with van der Waals surface area (Å²) in [4.78, 5) is 24.9. The number of benzene rings is 1. The summed E-state index contributed by atoms with van der Waals surface area (Å²) >= 11 is 0. The molecular formula is C17H16N6O3. The predicted octanol–water partition coefficient (Wildman–Crippen LogP) is -0.223. The van der Waals surface area contributed by atoms with Gasteiger partial charge in [0.25, 0.3) is 0 Å². The van der Waals surface area contributed by atoms with Crippen LogP contribution >= 0.6 is 0 Å². The van der Waals surface area contributed by atoms with Crippen LogP contribution in [0.15, 0.2) is 53.3 Å². The Kier molecular flexibility index (Phi) is 4.18. The highest BCUT2D eigenvalue weighted by Gasteiger charge is 2.33. The van der Waals surface area contributed by atoms with Crippen LogP contribution in [0, 0.1) is 0 Å². The van der Waals surface area contributed by atoms with E-state index in [1.165, 1.54) is 4.68 Å². The van der Waals surface area contributed by atoms with Crippen LogP contribution in [0.3, 0.4) is 0 Å². The summed E-state index contributed by atoms with van der Waals surface area (Å²) in [5.74, 6) is -0.505. The van der Waals surface area contributed by atoms with Crippen molar-refractivity contribution < 1.29 is 19.1 Å². The van der Waals surface area contributed by atoms with Crippen molar-refractivity contribution in [3.05, 3.63) is 54.5 Å². The molecule has 1 aliphatic heterocycles. The molecule has 3 aromatic rings. The molecule has 1 aromatic carbocycles. The van der Waals surface area contributed by atoms with Gasteiger partial charge in [-0.3, -0.25) is 4.79 Å². The molecule has 1 fully saturated rings. The molecule has 1 saturated heterocycles. The van der Waals surface area contributed by atoms with Crippen LogP contribution in [-0.4, -0.2) is 52.2 Å². The zero-order valence-electron chi connectivity index (χ0n) is 13.9. The normalized spacial score (nSPS) is 14.5. The third-order valence-electron chi connectivity index (χ3n) is 4.22. The van der Waals surface area contributed by atoms with E-state index < -0.39 is 11.9 Å². The number of piperazine rings is 1. The highest BCUT2D eigenvalue weighted by Crippen LogP contribution is 2.16. The highest BCUT2D eigenvalue weighted by molar-refractivity contribution is 5.92. The van der Waals surface area contributed by atoms with E-state index in [9.17, 15) is 9.90 Å². The van der Waals surface area contributed by atoms with Crippen LogP contribution in [0.5, 0.6) is 5.95 Å². The third kappa shape index (κ3) is 2.94. The lowest BCUT2D eigenvalue weighted by Crippen LogP contribution is -2.52. The minimum atomic E-state index is -0.743. The standard InChI is InChI=1S/C17H16N6O3/c24-15(14-16(25)26-20-23(14)13-5-2-1-3-6-13)21-9-11-22(12-10-21)17-18-7-4-8-19-17/h1-8H,9-12H2. The maximum absolute atomic E-state index is 12.9. The van der Waals surface area contributed by atoms with E-state index in [0.29, 0.717) is 37.8 Å². The van der Waals surface area contributed by atoms with Crippen molar-refractivity contribution in [2.75, 3.05) is 31.1 Å². The number of carbonyl (C=O) groups is 1. The molecule has 0 aliphatic carbocycles. The second kappa shape index (κ2) is 6.79. The van der Waals surface area contributed by atoms with Gasteiger partial charge in [-0.2, -0.15) is 0 Å². The van der Waals surface area contributed by atoms with Crippen LogP contribution in [-0.2, 0) is 0 Å². The molecule has 26 heavy (non-hydrogen) atoms. The van der Waals surface area contributed by atoms with Gasteiger partial charge >= 0.3 is 11.6 Å². The summed E-state index contributed by atoms with van der Waals surface area (Å²) in [6, 6.07) is 10.7. The zero-order chi connectivity index (χ0) is 17.9. The second-order valence-electron chi connectivity index (χ2n) is 5.78. The van der Waals surface area contributed by atoms with E-state index in [-0.39, 0.29) is 5.69 Å². The molecule has 132 valence electrons. The molecule has 9 nitrogen and oxygen atoms in total. The van der Waals surface area contributed by atoms with Gasteiger partial charge < -0.3 is 19.4 Å². The van der Waals surface area contributed by atoms with Gasteiger partial charge in [-0.05, 0) is 10.7 Å². The zero-order valence-corrected chi connectivity index (χ0v) is 13.9. The largest absolute Gasteiger partial charge is 0.538 e. The van der Waals surface area contributed by atoms with Crippen molar-refractivity contribution in [1.29, 1.82) is 0 Å². The van der Waals surface area contributed by atoms with Gasteiger partial charge in [-0.1, -0.05) is 18.2 Å². The Morgan fingerprint density at radius 1 is 1.04 bits per heavy atom. The lowest BCUT2D eigenvalue weighted by atomic mass is 10.2. The van der Waals surface area contributed by atoms with E-state index in [0.717, 1.165) is 0 Å². The molecule has 4 rings (SSSR count). The lowest BCUT2D eigenvalue weighted by molar-refractivity contribution is -0.672. The minimum Gasteiger partial charge on any atom is -0.538 e. The molecule has 0 radical (unpaired) electrons. The SMILES string of the molecule is O=C(c1c([O-])on[n+]1-c1ccccc1)N1CCN(c2ncccn2)CC1. The predicted molar refractivity (Wildman–Crippen MR) is 87.6 cm³/mol.